The molecule has 2 aliphatic heterocycles. The summed E-state index contributed by atoms with van der Waals surface area (Å²) in [6.45, 7) is 2.45. The number of benzene rings is 1. The van der Waals surface area contributed by atoms with Crippen molar-refractivity contribution in [2.24, 2.45) is 0 Å². The van der Waals surface area contributed by atoms with Crippen molar-refractivity contribution < 1.29 is 9.59 Å². The number of carbonyl (C=O) groups excluding carboxylic acids is 2. The molecule has 3 heterocycles. The normalized spacial score (nSPS) is 22.4. The van der Waals surface area contributed by atoms with Gasteiger partial charge < -0.3 is 9.88 Å². The van der Waals surface area contributed by atoms with Crippen molar-refractivity contribution in [2.45, 2.75) is 18.9 Å². The van der Waals surface area contributed by atoms with E-state index in [1.807, 2.05) is 12.1 Å². The molecule has 114 valence electrons. The van der Waals surface area contributed by atoms with Gasteiger partial charge in [0.1, 0.15) is 0 Å². The molecule has 1 aromatic carbocycles. The second-order valence-corrected chi connectivity index (χ2v) is 5.83. The summed E-state index contributed by atoms with van der Waals surface area (Å²) in [7, 11) is 0. The number of nitrogens with one attached hydrogen (secondary N) is 2. The molecular formula is C16H18N4O2. The summed E-state index contributed by atoms with van der Waals surface area (Å²) in [6, 6.07) is 8.19. The predicted octanol–water partition coefficient (Wildman–Crippen LogP) is 1.62. The molecule has 4 rings (SSSR count). The zero-order valence-corrected chi connectivity index (χ0v) is 12.2. The van der Waals surface area contributed by atoms with Crippen LogP contribution in [-0.2, 0) is 4.79 Å². The molecule has 0 saturated carbocycles. The molecule has 2 aliphatic rings. The van der Waals surface area contributed by atoms with Crippen LogP contribution in [0.4, 0.5) is 10.5 Å². The van der Waals surface area contributed by atoms with Crippen molar-refractivity contribution >= 4 is 28.5 Å². The highest BCUT2D eigenvalue weighted by Gasteiger charge is 2.26. The highest BCUT2D eigenvalue weighted by Crippen LogP contribution is 2.31. The van der Waals surface area contributed by atoms with E-state index in [1.165, 1.54) is 0 Å². The van der Waals surface area contributed by atoms with Gasteiger partial charge in [0, 0.05) is 37.1 Å². The zero-order valence-electron chi connectivity index (χ0n) is 12.2. The van der Waals surface area contributed by atoms with E-state index in [-0.39, 0.29) is 11.9 Å². The number of urea groups is 1. The smallest absolute Gasteiger partial charge is 0.328 e. The molecule has 6 heteroatoms. The maximum absolute atomic E-state index is 12.1. The van der Waals surface area contributed by atoms with Crippen molar-refractivity contribution in [1.82, 2.24) is 15.2 Å². The summed E-state index contributed by atoms with van der Waals surface area (Å²) in [5.41, 5.74) is 2.00. The summed E-state index contributed by atoms with van der Waals surface area (Å²) < 4.78 is 2.28. The second kappa shape index (κ2) is 5.14. The fourth-order valence-corrected chi connectivity index (χ4v) is 3.40. The number of anilines is 1. The molecule has 0 spiro atoms. The van der Waals surface area contributed by atoms with Gasteiger partial charge in [0.05, 0.1) is 11.2 Å². The first kappa shape index (κ1) is 13.3. The Hall–Kier alpha value is -2.34. The van der Waals surface area contributed by atoms with Gasteiger partial charge in [-0.15, -0.1) is 0 Å². The maximum Gasteiger partial charge on any atom is 0.328 e. The van der Waals surface area contributed by atoms with Crippen LogP contribution in [0.2, 0.25) is 0 Å². The van der Waals surface area contributed by atoms with Crippen molar-refractivity contribution in [1.29, 1.82) is 0 Å². The number of amides is 3. The number of carbonyl (C=O) groups is 2. The first-order chi connectivity index (χ1) is 10.7. The molecule has 22 heavy (non-hydrogen) atoms. The van der Waals surface area contributed by atoms with Crippen molar-refractivity contribution in [2.75, 3.05) is 24.5 Å². The minimum atomic E-state index is -0.334. The first-order valence-corrected chi connectivity index (χ1v) is 7.65. The fourth-order valence-electron chi connectivity index (χ4n) is 3.40. The lowest BCUT2D eigenvalue weighted by Crippen LogP contribution is -2.49. The molecule has 1 aromatic heterocycles. The summed E-state index contributed by atoms with van der Waals surface area (Å²) in [5.74, 6) is -0.206. The molecule has 2 aromatic rings. The highest BCUT2D eigenvalue weighted by atomic mass is 16.2. The van der Waals surface area contributed by atoms with Gasteiger partial charge in [-0.25, -0.2) is 4.79 Å². The van der Waals surface area contributed by atoms with Crippen molar-refractivity contribution in [3.63, 3.8) is 0 Å². The minimum Gasteiger partial charge on any atom is -0.343 e. The quantitative estimate of drug-likeness (QED) is 0.885. The Bertz CT molecular complexity index is 746. The van der Waals surface area contributed by atoms with Crippen LogP contribution in [0, 0.1) is 0 Å². The molecule has 6 nitrogen and oxygen atoms in total. The Morgan fingerprint density at radius 2 is 2.09 bits per heavy atom. The maximum atomic E-state index is 12.1. The summed E-state index contributed by atoms with van der Waals surface area (Å²) >= 11 is 0. The molecular weight excluding hydrogens is 280 g/mol. The Morgan fingerprint density at radius 3 is 2.86 bits per heavy atom. The lowest BCUT2D eigenvalue weighted by molar-refractivity contribution is -0.120. The van der Waals surface area contributed by atoms with Crippen LogP contribution < -0.4 is 15.5 Å². The number of rotatable bonds is 2. The number of imide groups is 1. The molecule has 1 unspecified atom stereocenters. The molecule has 2 saturated heterocycles. The van der Waals surface area contributed by atoms with Crippen LogP contribution in [0.3, 0.4) is 0 Å². The van der Waals surface area contributed by atoms with Gasteiger partial charge in [-0.2, -0.15) is 0 Å². The third-order valence-electron chi connectivity index (χ3n) is 4.51. The second-order valence-electron chi connectivity index (χ2n) is 5.83. The Morgan fingerprint density at radius 1 is 1.18 bits per heavy atom. The average molecular weight is 298 g/mol. The monoisotopic (exact) mass is 298 g/mol. The Balaban J connectivity index is 1.76. The van der Waals surface area contributed by atoms with Gasteiger partial charge in [0.15, 0.2) is 0 Å². The van der Waals surface area contributed by atoms with Crippen LogP contribution >= 0.6 is 0 Å². The molecule has 3 amide bonds. The number of hydrogen-bond acceptors (Lipinski definition) is 3. The highest BCUT2D eigenvalue weighted by molar-refractivity contribution is 6.09. The number of fused-ring (bicyclic) bond motifs is 1. The Labute approximate surface area is 128 Å². The SMILES string of the molecule is O=C1CCN(c2cccc3c2ccn3C2CCNC2)C(=O)N1. The van der Waals surface area contributed by atoms with Gasteiger partial charge in [0.25, 0.3) is 0 Å². The lowest BCUT2D eigenvalue weighted by atomic mass is 10.1. The van der Waals surface area contributed by atoms with Crippen LogP contribution in [-0.4, -0.2) is 36.1 Å². The van der Waals surface area contributed by atoms with Gasteiger partial charge in [-0.1, -0.05) is 6.07 Å². The van der Waals surface area contributed by atoms with Crippen LogP contribution in [0.5, 0.6) is 0 Å². The van der Waals surface area contributed by atoms with Crippen molar-refractivity contribution in [3.8, 4) is 0 Å². The van der Waals surface area contributed by atoms with Crippen LogP contribution in [0.1, 0.15) is 18.9 Å². The molecule has 0 bridgehead atoms. The third-order valence-corrected chi connectivity index (χ3v) is 4.51. The van der Waals surface area contributed by atoms with E-state index in [1.54, 1.807) is 4.90 Å². The van der Waals surface area contributed by atoms with E-state index in [2.05, 4.69) is 33.5 Å². The molecule has 0 aliphatic carbocycles. The van der Waals surface area contributed by atoms with Gasteiger partial charge >= 0.3 is 6.03 Å². The van der Waals surface area contributed by atoms with E-state index in [0.717, 1.165) is 36.1 Å². The predicted molar refractivity (Wildman–Crippen MR) is 84.0 cm³/mol. The van der Waals surface area contributed by atoms with Crippen LogP contribution in [0.25, 0.3) is 10.9 Å². The lowest BCUT2D eigenvalue weighted by Gasteiger charge is -2.27. The van der Waals surface area contributed by atoms with Gasteiger partial charge in [-0.05, 0) is 31.2 Å². The Kier molecular flexibility index (Phi) is 3.11. The number of hydrogen-bond donors (Lipinski definition) is 2. The molecule has 0 radical (unpaired) electrons. The molecule has 2 fully saturated rings. The van der Waals surface area contributed by atoms with E-state index in [9.17, 15) is 9.59 Å². The fraction of sp³-hybridized carbons (Fsp3) is 0.375. The minimum absolute atomic E-state index is 0.206. The summed E-state index contributed by atoms with van der Waals surface area (Å²) in [6.07, 6.45) is 3.56. The zero-order chi connectivity index (χ0) is 15.1. The van der Waals surface area contributed by atoms with Crippen LogP contribution in [0.15, 0.2) is 30.5 Å². The number of aromatic nitrogens is 1. The van der Waals surface area contributed by atoms with E-state index < -0.39 is 0 Å². The number of nitrogens with zero attached hydrogens (tertiary/aromatic N) is 2. The summed E-state index contributed by atoms with van der Waals surface area (Å²) in [4.78, 5) is 25.1. The average Bonchev–Trinajstić information content (AvgIpc) is 3.16. The van der Waals surface area contributed by atoms with E-state index in [4.69, 9.17) is 0 Å². The third kappa shape index (κ3) is 2.07. The largest absolute Gasteiger partial charge is 0.343 e. The van der Waals surface area contributed by atoms with Gasteiger partial charge in [-0.3, -0.25) is 15.0 Å². The topological polar surface area (TPSA) is 66.4 Å². The molecule has 2 N–H and O–H groups in total. The standard InChI is InChI=1S/C16H18N4O2/c21-15-6-9-20(16(22)18-15)14-3-1-2-13-12(14)5-8-19(13)11-4-7-17-10-11/h1-3,5,8,11,17H,4,6-7,9-10H2,(H,18,21,22). The van der Waals surface area contributed by atoms with E-state index >= 15 is 0 Å². The van der Waals surface area contributed by atoms with Crippen molar-refractivity contribution in [3.05, 3.63) is 30.5 Å². The first-order valence-electron chi connectivity index (χ1n) is 7.65. The van der Waals surface area contributed by atoms with Gasteiger partial charge in [0.2, 0.25) is 5.91 Å². The summed E-state index contributed by atoms with van der Waals surface area (Å²) in [5, 5.41) is 6.82. The van der Waals surface area contributed by atoms with E-state index in [0.29, 0.717) is 19.0 Å². The molecule has 1 atom stereocenters.